The van der Waals surface area contributed by atoms with Crippen LogP contribution in [-0.2, 0) is 10.5 Å². The van der Waals surface area contributed by atoms with Crippen LogP contribution in [0, 0.1) is 11.6 Å². The molecule has 0 aliphatic carbocycles. The third-order valence-electron chi connectivity index (χ3n) is 4.44. The van der Waals surface area contributed by atoms with Gasteiger partial charge in [0.25, 0.3) is 0 Å². The van der Waals surface area contributed by atoms with Gasteiger partial charge in [0.1, 0.15) is 11.6 Å². The molecule has 3 aromatic carbocycles. The zero-order valence-electron chi connectivity index (χ0n) is 17.1. The van der Waals surface area contributed by atoms with Crippen LogP contribution in [0.25, 0.3) is 10.4 Å². The number of anilines is 2. The summed E-state index contributed by atoms with van der Waals surface area (Å²) in [6, 6.07) is 14.2. The normalized spacial score (nSPS) is 10.2. The van der Waals surface area contributed by atoms with Crippen LogP contribution < -0.4 is 10.1 Å². The Hall–Kier alpha value is -3.75. The first-order valence-corrected chi connectivity index (χ1v) is 10.2. The minimum absolute atomic E-state index is 0.0536. The maximum atomic E-state index is 15.4. The van der Waals surface area contributed by atoms with Crippen molar-refractivity contribution in [2.45, 2.75) is 10.6 Å². The molecule has 0 amide bonds. The molecule has 10 heteroatoms. The Morgan fingerprint density at radius 2 is 1.88 bits per heavy atom. The Morgan fingerprint density at radius 3 is 2.50 bits per heavy atom. The molecule has 164 valence electrons. The van der Waals surface area contributed by atoms with Gasteiger partial charge in [-0.2, -0.15) is 0 Å². The number of benzene rings is 3. The van der Waals surface area contributed by atoms with E-state index in [1.807, 2.05) is 12.1 Å². The van der Waals surface area contributed by atoms with Crippen LogP contribution in [0.4, 0.5) is 25.8 Å². The number of esters is 1. The fourth-order valence-corrected chi connectivity index (χ4v) is 3.82. The SMILES string of the molecule is COC(=O)c1cc(SCc2ccc(OC)cc2)c(N=[N+]=[N-])c(F)c1Nc1ccccc1F. The Bertz CT molecular complexity index is 1180. The molecule has 0 fully saturated rings. The van der Waals surface area contributed by atoms with Crippen LogP contribution in [0.15, 0.2) is 64.6 Å². The van der Waals surface area contributed by atoms with Crippen LogP contribution in [0.1, 0.15) is 15.9 Å². The fourth-order valence-electron chi connectivity index (χ4n) is 2.84. The van der Waals surface area contributed by atoms with Crippen molar-refractivity contribution in [1.82, 2.24) is 0 Å². The van der Waals surface area contributed by atoms with Gasteiger partial charge in [0.2, 0.25) is 0 Å². The molecule has 7 nitrogen and oxygen atoms in total. The Kier molecular flexibility index (Phi) is 7.54. The molecule has 0 heterocycles. The molecule has 0 saturated carbocycles. The van der Waals surface area contributed by atoms with E-state index < -0.39 is 17.6 Å². The zero-order valence-corrected chi connectivity index (χ0v) is 18.0. The van der Waals surface area contributed by atoms with Gasteiger partial charge in [-0.25, -0.2) is 13.6 Å². The minimum atomic E-state index is -0.994. The first-order valence-electron chi connectivity index (χ1n) is 9.25. The second-order valence-corrected chi connectivity index (χ2v) is 7.40. The van der Waals surface area contributed by atoms with Crippen molar-refractivity contribution >= 4 is 34.8 Å². The first-order chi connectivity index (χ1) is 15.5. The highest BCUT2D eigenvalue weighted by molar-refractivity contribution is 7.98. The van der Waals surface area contributed by atoms with Gasteiger partial charge in [-0.15, -0.1) is 11.8 Å². The molecule has 0 spiro atoms. The second kappa shape index (κ2) is 10.5. The quantitative estimate of drug-likeness (QED) is 0.133. The van der Waals surface area contributed by atoms with Gasteiger partial charge in [0, 0.05) is 15.6 Å². The number of carbonyl (C=O) groups is 1. The van der Waals surface area contributed by atoms with Crippen molar-refractivity contribution in [3.05, 3.63) is 87.8 Å². The molecule has 1 N–H and O–H groups in total. The van der Waals surface area contributed by atoms with Crippen LogP contribution in [0.5, 0.6) is 5.75 Å². The highest BCUT2D eigenvalue weighted by Gasteiger charge is 2.23. The second-order valence-electron chi connectivity index (χ2n) is 6.38. The third kappa shape index (κ3) is 5.11. The molecule has 0 aromatic heterocycles. The van der Waals surface area contributed by atoms with Crippen molar-refractivity contribution in [1.29, 1.82) is 0 Å². The number of nitrogens with zero attached hydrogens (tertiary/aromatic N) is 3. The summed E-state index contributed by atoms with van der Waals surface area (Å²) in [6.07, 6.45) is 0. The summed E-state index contributed by atoms with van der Waals surface area (Å²) in [5, 5.41) is 6.06. The van der Waals surface area contributed by atoms with Crippen LogP contribution >= 0.6 is 11.8 Å². The molecule has 3 aromatic rings. The molecule has 0 aliphatic heterocycles. The average Bonchev–Trinajstić information content (AvgIpc) is 2.82. The molecule has 0 saturated heterocycles. The number of ether oxygens (including phenoxy) is 2. The lowest BCUT2D eigenvalue weighted by Gasteiger charge is -2.16. The lowest BCUT2D eigenvalue weighted by molar-refractivity contribution is 0.0601. The molecular weight excluding hydrogens is 438 g/mol. The number of thioether (sulfide) groups is 1. The van der Waals surface area contributed by atoms with Gasteiger partial charge >= 0.3 is 5.97 Å². The first kappa shape index (κ1) is 22.9. The number of hydrogen-bond acceptors (Lipinski definition) is 6. The number of para-hydroxylation sites is 1. The summed E-state index contributed by atoms with van der Waals surface area (Å²) in [4.78, 5) is 15.3. The van der Waals surface area contributed by atoms with E-state index in [2.05, 4.69) is 15.3 Å². The summed E-state index contributed by atoms with van der Waals surface area (Å²) >= 11 is 1.17. The summed E-state index contributed by atoms with van der Waals surface area (Å²) < 4.78 is 39.5. The highest BCUT2D eigenvalue weighted by atomic mass is 32.2. The van der Waals surface area contributed by atoms with Gasteiger partial charge < -0.3 is 14.8 Å². The fraction of sp³-hybridized carbons (Fsp3) is 0.136. The summed E-state index contributed by atoms with van der Waals surface area (Å²) in [5.74, 6) is -1.38. The van der Waals surface area contributed by atoms with E-state index in [0.717, 1.165) is 12.7 Å². The molecule has 0 unspecified atom stereocenters. The third-order valence-corrected chi connectivity index (χ3v) is 5.54. The van der Waals surface area contributed by atoms with Gasteiger partial charge in [0.05, 0.1) is 36.8 Å². The van der Waals surface area contributed by atoms with E-state index in [-0.39, 0.29) is 27.5 Å². The standard InChI is InChI=1S/C22H18F2N4O3S/c1-30-14-9-7-13(8-10-14)12-32-18-11-15(22(29)31-2)20(19(24)21(18)27-28-25)26-17-6-4-3-5-16(17)23/h3-11,26H,12H2,1-2H3. The Morgan fingerprint density at radius 1 is 1.16 bits per heavy atom. The predicted molar refractivity (Wildman–Crippen MR) is 119 cm³/mol. The van der Waals surface area contributed by atoms with E-state index in [4.69, 9.17) is 15.0 Å². The van der Waals surface area contributed by atoms with E-state index in [0.29, 0.717) is 11.5 Å². The minimum Gasteiger partial charge on any atom is -0.497 e. The molecular formula is C22H18F2N4O3S. The monoisotopic (exact) mass is 456 g/mol. The van der Waals surface area contributed by atoms with Gasteiger partial charge in [-0.3, -0.25) is 0 Å². The smallest absolute Gasteiger partial charge is 0.340 e. The number of rotatable bonds is 8. The van der Waals surface area contributed by atoms with Crippen LogP contribution in [0.2, 0.25) is 0 Å². The molecule has 0 atom stereocenters. The summed E-state index contributed by atoms with van der Waals surface area (Å²) in [6.45, 7) is 0. The molecule has 0 aliphatic rings. The topological polar surface area (TPSA) is 96.3 Å². The van der Waals surface area contributed by atoms with Crippen molar-refractivity contribution < 1.29 is 23.0 Å². The van der Waals surface area contributed by atoms with Crippen LogP contribution in [-0.4, -0.2) is 20.2 Å². The maximum absolute atomic E-state index is 15.4. The molecule has 0 bridgehead atoms. The zero-order chi connectivity index (χ0) is 23.1. The number of nitrogens with one attached hydrogen (secondary N) is 1. The van der Waals surface area contributed by atoms with Gasteiger partial charge in [-0.1, -0.05) is 29.4 Å². The Balaban J connectivity index is 2.04. The summed E-state index contributed by atoms with van der Waals surface area (Å²) in [7, 11) is 2.71. The van der Waals surface area contributed by atoms with Crippen LogP contribution in [0.3, 0.4) is 0 Å². The number of azide groups is 1. The molecule has 0 radical (unpaired) electrons. The van der Waals surface area contributed by atoms with Gasteiger partial charge in [0.15, 0.2) is 5.82 Å². The Labute approximate surface area is 187 Å². The van der Waals surface area contributed by atoms with E-state index in [1.165, 1.54) is 36.0 Å². The number of hydrogen-bond donors (Lipinski definition) is 1. The largest absolute Gasteiger partial charge is 0.497 e. The number of methoxy groups -OCH3 is 2. The molecule has 32 heavy (non-hydrogen) atoms. The molecule has 3 rings (SSSR count). The van der Waals surface area contributed by atoms with Gasteiger partial charge in [-0.05, 0) is 41.4 Å². The lowest BCUT2D eigenvalue weighted by atomic mass is 10.1. The lowest BCUT2D eigenvalue weighted by Crippen LogP contribution is -2.09. The number of halogens is 2. The average molecular weight is 456 g/mol. The summed E-state index contributed by atoms with van der Waals surface area (Å²) in [5.41, 5.74) is 8.98. The highest BCUT2D eigenvalue weighted by Crippen LogP contribution is 2.41. The van der Waals surface area contributed by atoms with Crippen molar-refractivity contribution in [2.24, 2.45) is 5.11 Å². The van der Waals surface area contributed by atoms with E-state index in [1.54, 1.807) is 25.3 Å². The van der Waals surface area contributed by atoms with E-state index in [9.17, 15) is 9.18 Å². The number of carbonyl (C=O) groups excluding carboxylic acids is 1. The van der Waals surface area contributed by atoms with Crippen molar-refractivity contribution in [3.63, 3.8) is 0 Å². The predicted octanol–water partition coefficient (Wildman–Crippen LogP) is 6.74. The van der Waals surface area contributed by atoms with Crippen molar-refractivity contribution in [3.8, 4) is 5.75 Å². The van der Waals surface area contributed by atoms with Crippen molar-refractivity contribution in [2.75, 3.05) is 19.5 Å². The maximum Gasteiger partial charge on any atom is 0.340 e. The van der Waals surface area contributed by atoms with E-state index >= 15 is 4.39 Å².